The van der Waals surface area contributed by atoms with Gasteiger partial charge in [0.15, 0.2) is 0 Å². The van der Waals surface area contributed by atoms with Crippen molar-refractivity contribution >= 4 is 0 Å². The molecule has 0 rings (SSSR count). The van der Waals surface area contributed by atoms with Crippen molar-refractivity contribution in [1.29, 1.82) is 0 Å². The first-order valence-electron chi connectivity index (χ1n) is 2.00. The molecule has 0 aromatic carbocycles. The average Bonchev–Trinajstić information content (AvgIpc) is 1.50. The highest BCUT2D eigenvalue weighted by Crippen LogP contribution is 0.147. The summed E-state index contributed by atoms with van der Waals surface area (Å²) in [5.41, 5.74) is 0. The van der Waals surface area contributed by atoms with Gasteiger partial charge in [0.05, 0.1) is 0 Å². The third-order valence-corrected chi connectivity index (χ3v) is 0. The van der Waals surface area contributed by atoms with E-state index >= 15 is 0 Å². The first kappa shape index (κ1) is 9.00. The molecule has 4 heavy (non-hydrogen) atoms. The van der Waals surface area contributed by atoms with Crippen LogP contribution in [0, 0.1) is 0 Å². The van der Waals surface area contributed by atoms with Crippen LogP contribution in [0.3, 0.4) is 0 Å². The lowest BCUT2D eigenvalue weighted by Crippen LogP contribution is 0.143. The van der Waals surface area contributed by atoms with Crippen LogP contribution in [0.25, 0.3) is 0 Å². The fraction of sp³-hybridized carbons (Fsp3) is 1.00. The number of hydrogen-bond acceptors (Lipinski definition) is 0. The van der Waals surface area contributed by atoms with Gasteiger partial charge in [-0.1, -0.05) is 29.7 Å². The molecule has 0 aromatic heterocycles. The minimum atomic E-state index is 0. The highest BCUT2D eigenvalue weighted by Gasteiger charge is -0.0746. The first-order valence-corrected chi connectivity index (χ1v) is 0. The highest BCUT2D eigenvalue weighted by molar-refractivity contribution is 2.51. The molecule has 0 saturated carbocycles. The van der Waals surface area contributed by atoms with Crippen LogP contribution < -0.4 is 0 Å². The predicted molar refractivity (Wildman–Crippen MR) is 29.0 cm³/mol. The number of rotatable bonds is 0. The molecule has 0 radical (unpaired) electrons. The Kier molecular flexibility index (Phi) is 0. The van der Waals surface area contributed by atoms with E-state index in [4.69, 9.17) is 2.74 Å². The fourth-order valence-corrected chi connectivity index (χ4v) is 0. The number of hydrogen-bond donors (Lipinski definition) is 0. The molecule has 0 amide bonds. The van der Waals surface area contributed by atoms with Crippen molar-refractivity contribution in [3.63, 3.8) is 0 Å². The molecule has 0 saturated heterocycles. The van der Waals surface area contributed by atoms with Crippen LogP contribution in [-0.4, -0.2) is 0 Å². The molecule has 0 bridgehead atoms. The van der Waals surface area contributed by atoms with Crippen molar-refractivity contribution in [3.05, 3.63) is 0 Å². The van der Waals surface area contributed by atoms with Crippen molar-refractivity contribution in [3.8, 4) is 0 Å². The van der Waals surface area contributed by atoms with Gasteiger partial charge >= 0.3 is 0 Å². The summed E-state index contributed by atoms with van der Waals surface area (Å²) in [6.45, 7) is 0. The SMILES string of the molecule is C.C.[2HH].[2H]C.[2H]C. The molecule has 0 unspecified atom stereocenters. The van der Waals surface area contributed by atoms with Gasteiger partial charge in [-0.05, 0) is 0 Å². The Morgan fingerprint density at radius 1 is 1.00 bits per heavy atom. The Morgan fingerprint density at radius 2 is 1.00 bits per heavy atom. The lowest BCUT2D eigenvalue weighted by Gasteiger charge is -0.0786. The molecule has 0 atom stereocenters. The Bertz CT molecular complexity index is 6.90. The smallest absolute Gasteiger partial charge is 0.0194 e. The second kappa shape index (κ2) is 0. The van der Waals surface area contributed by atoms with Gasteiger partial charge in [0, 0.05) is 4.17 Å². The van der Waals surface area contributed by atoms with Crippen LogP contribution >= 0.6 is 0 Å². The van der Waals surface area contributed by atoms with E-state index in [1.807, 2.05) is 0 Å². The largest absolute Gasteiger partial charge is 0.0776 e. The van der Waals surface area contributed by atoms with Crippen molar-refractivity contribution in [2.45, 2.75) is 29.7 Å². The van der Waals surface area contributed by atoms with E-state index in [9.17, 15) is 0 Å². The van der Waals surface area contributed by atoms with E-state index in [1.54, 1.807) is 0 Å². The molecule has 0 aliphatic rings. The standard InChI is InChI=1S/4CH4.H2/h4*1H4;1H/i2*1D;;;1+1. The van der Waals surface area contributed by atoms with Crippen LogP contribution in [0.15, 0.2) is 0 Å². The van der Waals surface area contributed by atoms with Crippen LogP contribution in [0.4, 0.5) is 0 Å². The van der Waals surface area contributed by atoms with E-state index in [0.29, 0.717) is 0 Å². The minimum Gasteiger partial charge on any atom is -0.0776 e. The Labute approximate surface area is 35.1 Å². The topological polar surface area (TPSA) is 0 Å². The van der Waals surface area contributed by atoms with E-state index in [2.05, 4.69) is 0 Å². The summed E-state index contributed by atoms with van der Waals surface area (Å²) in [4.78, 5) is 0. The van der Waals surface area contributed by atoms with Gasteiger partial charge in [0.25, 0.3) is 0 Å². The summed E-state index contributed by atoms with van der Waals surface area (Å²) in [5, 5.41) is 0. The zero-order valence-corrected chi connectivity index (χ0v) is 2.00. The maximum absolute atomic E-state index is 5.75. The molecular weight excluding hydrogens is 48.0 g/mol. The van der Waals surface area contributed by atoms with E-state index in [-0.39, 0.29) is 16.3 Å². The fourth-order valence-electron chi connectivity index (χ4n) is 0. The molecule has 34 valence electrons. The Balaban J connectivity index is -0.00000000267. The maximum atomic E-state index is 5.75. The van der Waals surface area contributed by atoms with Gasteiger partial charge in [0.1, 0.15) is 0 Å². The molecule has 0 nitrogen and oxygen atoms in total. The second-order valence-electron chi connectivity index (χ2n) is 0. The monoisotopic (exact) mass is 69.2 g/mol. The van der Waals surface area contributed by atoms with E-state index in [1.165, 1.54) is 14.8 Å². The van der Waals surface area contributed by atoms with Crippen LogP contribution in [0.5, 0.6) is 0 Å². The van der Waals surface area contributed by atoms with Crippen molar-refractivity contribution in [1.82, 2.24) is 0 Å². The lowest BCUT2D eigenvalue weighted by molar-refractivity contribution is 2.50. The summed E-state index contributed by atoms with van der Waals surface area (Å²) in [6.07, 6.45) is 0. The molecule has 0 aliphatic carbocycles. The van der Waals surface area contributed by atoms with Gasteiger partial charge in [-0.15, -0.1) is 0 Å². The molecule has 0 N–H and O–H groups in total. The average molecular weight is 69.2 g/mol. The molecular formula is C4H18. The van der Waals surface area contributed by atoms with Gasteiger partial charge in [-0.3, -0.25) is 0 Å². The van der Waals surface area contributed by atoms with Crippen molar-refractivity contribution in [2.24, 2.45) is 0 Å². The summed E-state index contributed by atoms with van der Waals surface area (Å²) in [5.74, 6) is 0. The Morgan fingerprint density at radius 3 is 1.00 bits per heavy atom. The van der Waals surface area contributed by atoms with Gasteiger partial charge in [0.2, 0.25) is 0 Å². The van der Waals surface area contributed by atoms with Gasteiger partial charge < -0.3 is 0 Å². The zero-order valence-electron chi connectivity index (χ0n) is 4.00. The molecule has 0 aliphatic heterocycles. The highest BCUT2D eigenvalue weighted by atomic mass is 12.0. The third kappa shape index (κ3) is 0. The quantitative estimate of drug-likeness (QED) is 0.410. The molecule has 0 heterocycles. The summed E-state index contributed by atoms with van der Waals surface area (Å²) in [7, 11) is 2.50. The molecule has 0 spiro atoms. The van der Waals surface area contributed by atoms with Crippen LogP contribution in [0.1, 0.15) is 33.8 Å². The minimum absolute atomic E-state index is 0. The summed E-state index contributed by atoms with van der Waals surface area (Å²) in [6, 6.07) is 0. The Hall–Kier alpha value is 0. The molecule has 0 fully saturated rings. The summed E-state index contributed by atoms with van der Waals surface area (Å²) < 4.78 is 11.5. The maximum Gasteiger partial charge on any atom is 0.0194 e. The first-order chi connectivity index (χ1) is 2.00. The molecule has 0 aromatic rings. The second-order valence-corrected chi connectivity index (χ2v) is 0. The van der Waals surface area contributed by atoms with Crippen LogP contribution in [-0.2, 0) is 0 Å². The van der Waals surface area contributed by atoms with Crippen molar-refractivity contribution < 1.29 is 4.17 Å². The van der Waals surface area contributed by atoms with Gasteiger partial charge in [-0.2, -0.15) is 0 Å². The zero-order chi connectivity index (χ0) is 4.00. The van der Waals surface area contributed by atoms with Crippen LogP contribution in [0.2, 0.25) is 0 Å². The van der Waals surface area contributed by atoms with Gasteiger partial charge in [-0.25, -0.2) is 0 Å². The predicted octanol–water partition coefficient (Wildman–Crippen LogP) is 2.79. The normalized spacial score (nSPS) is 3.50. The van der Waals surface area contributed by atoms with Crippen molar-refractivity contribution in [2.75, 3.05) is 0 Å². The third-order valence-electron chi connectivity index (χ3n) is 0. The lowest BCUT2D eigenvalue weighted by atomic mass is 12.0. The van der Waals surface area contributed by atoms with E-state index in [0.717, 1.165) is 0 Å². The molecule has 0 heteroatoms. The summed E-state index contributed by atoms with van der Waals surface area (Å²) >= 11 is 0. The van der Waals surface area contributed by atoms with E-state index < -0.39 is 0 Å².